The van der Waals surface area contributed by atoms with Crippen LogP contribution in [0.3, 0.4) is 0 Å². The molecule has 2 heterocycles. The van der Waals surface area contributed by atoms with Crippen molar-refractivity contribution in [1.29, 1.82) is 0 Å². The lowest BCUT2D eigenvalue weighted by atomic mass is 10.2. The van der Waals surface area contributed by atoms with Gasteiger partial charge < -0.3 is 9.64 Å². The number of ether oxygens (including phenoxy) is 1. The van der Waals surface area contributed by atoms with Crippen LogP contribution in [0.25, 0.3) is 0 Å². The van der Waals surface area contributed by atoms with Crippen LogP contribution in [-0.4, -0.2) is 46.1 Å². The summed E-state index contributed by atoms with van der Waals surface area (Å²) in [6, 6.07) is 0.0520. The van der Waals surface area contributed by atoms with Crippen molar-refractivity contribution in [1.82, 2.24) is 14.9 Å². The van der Waals surface area contributed by atoms with E-state index in [0.29, 0.717) is 18.8 Å². The fourth-order valence-electron chi connectivity index (χ4n) is 1.76. The lowest BCUT2D eigenvalue weighted by Gasteiger charge is -2.36. The van der Waals surface area contributed by atoms with Gasteiger partial charge in [0, 0.05) is 6.54 Å². The topological polar surface area (TPSA) is 55.3 Å². The Labute approximate surface area is 105 Å². The zero-order valence-electron chi connectivity index (χ0n) is 9.76. The molecule has 2 rings (SSSR count). The van der Waals surface area contributed by atoms with E-state index >= 15 is 0 Å². The van der Waals surface area contributed by atoms with Gasteiger partial charge in [0.2, 0.25) is 0 Å². The van der Waals surface area contributed by atoms with Gasteiger partial charge in [-0.25, -0.2) is 9.97 Å². The molecular formula is C11H14ClN3O2. The number of carbonyl (C=O) groups is 1. The van der Waals surface area contributed by atoms with Gasteiger partial charge in [0.05, 0.1) is 31.1 Å². The van der Waals surface area contributed by atoms with Gasteiger partial charge in [0.25, 0.3) is 5.91 Å². The van der Waals surface area contributed by atoms with Crippen LogP contribution in [0.2, 0.25) is 5.15 Å². The Hall–Kier alpha value is -1.20. The van der Waals surface area contributed by atoms with Crippen LogP contribution < -0.4 is 0 Å². The second kappa shape index (κ2) is 4.98. The average molecular weight is 256 g/mol. The van der Waals surface area contributed by atoms with Gasteiger partial charge in [-0.15, -0.1) is 0 Å². The number of aromatic nitrogens is 2. The highest BCUT2D eigenvalue weighted by Crippen LogP contribution is 2.14. The maximum atomic E-state index is 12.2. The number of rotatable bonds is 1. The van der Waals surface area contributed by atoms with Gasteiger partial charge in [-0.2, -0.15) is 0 Å². The molecule has 5 nitrogen and oxygen atoms in total. The second-order valence-corrected chi connectivity index (χ2v) is 4.56. The number of amides is 1. The third kappa shape index (κ3) is 2.73. The standard InChI is InChI=1S/C11H14ClN3O2/c1-7-6-17-8(2)5-15(7)11(16)9-3-14-10(12)4-13-9/h3-4,7-8H,5-6H2,1-2H3. The summed E-state index contributed by atoms with van der Waals surface area (Å²) in [5.74, 6) is -0.128. The third-order valence-electron chi connectivity index (χ3n) is 2.71. The SMILES string of the molecule is CC1CN(C(=O)c2cnc(Cl)cn2)C(C)CO1. The monoisotopic (exact) mass is 255 g/mol. The molecule has 1 saturated heterocycles. The smallest absolute Gasteiger partial charge is 0.274 e. The first-order chi connectivity index (χ1) is 8.08. The minimum absolute atomic E-state index is 0.0513. The minimum atomic E-state index is -0.128. The van der Waals surface area contributed by atoms with Crippen LogP contribution in [0.15, 0.2) is 12.4 Å². The molecule has 0 aliphatic carbocycles. The molecule has 17 heavy (non-hydrogen) atoms. The summed E-state index contributed by atoms with van der Waals surface area (Å²) in [6.07, 6.45) is 2.83. The number of halogens is 1. The summed E-state index contributed by atoms with van der Waals surface area (Å²) in [5.41, 5.74) is 0.315. The first kappa shape index (κ1) is 12.3. The van der Waals surface area contributed by atoms with Crippen LogP contribution in [0.5, 0.6) is 0 Å². The Balaban J connectivity index is 2.15. The Kier molecular flexibility index (Phi) is 3.59. The summed E-state index contributed by atoms with van der Waals surface area (Å²) in [5, 5.41) is 0.282. The van der Waals surface area contributed by atoms with Crippen molar-refractivity contribution in [2.75, 3.05) is 13.2 Å². The maximum absolute atomic E-state index is 12.2. The fraction of sp³-hybridized carbons (Fsp3) is 0.545. The highest BCUT2D eigenvalue weighted by atomic mass is 35.5. The van der Waals surface area contributed by atoms with Gasteiger partial charge >= 0.3 is 0 Å². The molecule has 2 atom stereocenters. The number of hydrogen-bond donors (Lipinski definition) is 0. The van der Waals surface area contributed by atoms with E-state index in [2.05, 4.69) is 9.97 Å². The summed E-state index contributed by atoms with van der Waals surface area (Å²) < 4.78 is 5.47. The molecule has 0 spiro atoms. The van der Waals surface area contributed by atoms with Crippen molar-refractivity contribution in [2.24, 2.45) is 0 Å². The number of nitrogens with zero attached hydrogens (tertiary/aromatic N) is 3. The summed E-state index contributed by atoms with van der Waals surface area (Å²) in [6.45, 7) is 5.02. The Morgan fingerprint density at radius 3 is 2.88 bits per heavy atom. The molecule has 6 heteroatoms. The normalized spacial score (nSPS) is 24.8. The largest absolute Gasteiger partial charge is 0.375 e. The van der Waals surface area contributed by atoms with E-state index in [9.17, 15) is 4.79 Å². The molecular weight excluding hydrogens is 242 g/mol. The molecule has 0 saturated carbocycles. The number of morpholine rings is 1. The van der Waals surface area contributed by atoms with Gasteiger partial charge in [-0.1, -0.05) is 11.6 Å². The van der Waals surface area contributed by atoms with E-state index in [4.69, 9.17) is 16.3 Å². The third-order valence-corrected chi connectivity index (χ3v) is 2.90. The Morgan fingerprint density at radius 1 is 1.47 bits per heavy atom. The van der Waals surface area contributed by atoms with Crippen molar-refractivity contribution in [3.8, 4) is 0 Å². The number of hydrogen-bond acceptors (Lipinski definition) is 4. The molecule has 1 aliphatic rings. The van der Waals surface area contributed by atoms with E-state index in [-0.39, 0.29) is 23.2 Å². The lowest BCUT2D eigenvalue weighted by molar-refractivity contribution is -0.0389. The molecule has 0 N–H and O–H groups in total. The molecule has 1 aromatic heterocycles. The summed E-state index contributed by atoms with van der Waals surface area (Å²) in [7, 11) is 0. The average Bonchev–Trinajstić information content (AvgIpc) is 2.32. The highest BCUT2D eigenvalue weighted by molar-refractivity contribution is 6.29. The molecule has 1 aromatic rings. The van der Waals surface area contributed by atoms with Crippen molar-refractivity contribution in [3.05, 3.63) is 23.2 Å². The first-order valence-electron chi connectivity index (χ1n) is 5.48. The van der Waals surface area contributed by atoms with Crippen LogP contribution >= 0.6 is 11.6 Å². The van der Waals surface area contributed by atoms with E-state index in [1.807, 2.05) is 13.8 Å². The van der Waals surface area contributed by atoms with Crippen LogP contribution in [0.4, 0.5) is 0 Å². The summed E-state index contributed by atoms with van der Waals surface area (Å²) in [4.78, 5) is 21.8. The van der Waals surface area contributed by atoms with Crippen molar-refractivity contribution >= 4 is 17.5 Å². The predicted octanol–water partition coefficient (Wildman–Crippen LogP) is 1.38. The highest BCUT2D eigenvalue weighted by Gasteiger charge is 2.28. The van der Waals surface area contributed by atoms with Crippen LogP contribution in [0, 0.1) is 0 Å². The molecule has 0 radical (unpaired) electrons. The molecule has 0 bridgehead atoms. The van der Waals surface area contributed by atoms with Crippen molar-refractivity contribution < 1.29 is 9.53 Å². The van der Waals surface area contributed by atoms with Crippen LogP contribution in [-0.2, 0) is 4.74 Å². The van der Waals surface area contributed by atoms with E-state index in [1.165, 1.54) is 12.4 Å². The molecule has 1 aliphatic heterocycles. The van der Waals surface area contributed by atoms with E-state index in [1.54, 1.807) is 4.90 Å². The second-order valence-electron chi connectivity index (χ2n) is 4.17. The zero-order valence-corrected chi connectivity index (χ0v) is 10.5. The quantitative estimate of drug-likeness (QED) is 0.761. The predicted molar refractivity (Wildman–Crippen MR) is 63.0 cm³/mol. The minimum Gasteiger partial charge on any atom is -0.375 e. The van der Waals surface area contributed by atoms with Crippen molar-refractivity contribution in [3.63, 3.8) is 0 Å². The maximum Gasteiger partial charge on any atom is 0.274 e. The molecule has 2 unspecified atom stereocenters. The van der Waals surface area contributed by atoms with Gasteiger partial charge in [0.15, 0.2) is 0 Å². The van der Waals surface area contributed by atoms with Gasteiger partial charge in [0.1, 0.15) is 10.8 Å². The van der Waals surface area contributed by atoms with E-state index < -0.39 is 0 Å². The molecule has 1 fully saturated rings. The zero-order chi connectivity index (χ0) is 12.4. The Bertz CT molecular complexity index is 410. The first-order valence-corrected chi connectivity index (χ1v) is 5.86. The lowest BCUT2D eigenvalue weighted by Crippen LogP contribution is -2.50. The Morgan fingerprint density at radius 2 is 2.24 bits per heavy atom. The summed E-state index contributed by atoms with van der Waals surface area (Å²) >= 11 is 5.64. The van der Waals surface area contributed by atoms with Gasteiger partial charge in [-0.05, 0) is 13.8 Å². The molecule has 1 amide bonds. The molecule has 0 aromatic carbocycles. The van der Waals surface area contributed by atoms with Gasteiger partial charge in [-0.3, -0.25) is 4.79 Å². The number of carbonyl (C=O) groups excluding carboxylic acids is 1. The van der Waals surface area contributed by atoms with Crippen LogP contribution in [0.1, 0.15) is 24.3 Å². The fourth-order valence-corrected chi connectivity index (χ4v) is 1.85. The van der Waals surface area contributed by atoms with Crippen molar-refractivity contribution in [2.45, 2.75) is 26.0 Å². The van der Waals surface area contributed by atoms with E-state index in [0.717, 1.165) is 0 Å². The molecule has 92 valence electrons.